The largest absolute Gasteiger partial charge is 0.494 e. The highest BCUT2D eigenvalue weighted by atomic mass is 19.1. The number of amides is 2. The number of carbonyl (C=O) groups excluding carboxylic acids is 4. The first kappa shape index (κ1) is 41.4. The van der Waals surface area contributed by atoms with Gasteiger partial charge in [-0.05, 0) is 90.8 Å². The zero-order chi connectivity index (χ0) is 36.7. The maximum absolute atomic E-state index is 13.9. The predicted molar refractivity (Wildman–Crippen MR) is 173 cm³/mol. The standard InChI is InChI=1S/2C17H24FNO5/c2*1-6-23-15(20)10-13(19-16(21)24-17(2,3)4)11-7-8-14(22-5)12(18)9-11/h2*7-9,13H,6,10H2,1-5H3,(H,19,21)/t2*13-/m10/s1. The fraction of sp³-hybridized carbons (Fsp3) is 0.529. The van der Waals surface area contributed by atoms with Crippen molar-refractivity contribution in [2.75, 3.05) is 27.4 Å². The minimum atomic E-state index is -0.778. The van der Waals surface area contributed by atoms with Crippen molar-refractivity contribution in [3.05, 3.63) is 59.2 Å². The molecular formula is C34H48F2N2O10. The fourth-order valence-corrected chi connectivity index (χ4v) is 3.98. The molecular weight excluding hydrogens is 634 g/mol. The van der Waals surface area contributed by atoms with Gasteiger partial charge in [-0.2, -0.15) is 0 Å². The zero-order valence-electron chi connectivity index (χ0n) is 29.3. The van der Waals surface area contributed by atoms with Crippen molar-refractivity contribution in [2.24, 2.45) is 0 Å². The average Bonchev–Trinajstić information content (AvgIpc) is 2.95. The summed E-state index contributed by atoms with van der Waals surface area (Å²) in [6.45, 7) is 14.1. The van der Waals surface area contributed by atoms with E-state index in [1.54, 1.807) is 67.5 Å². The van der Waals surface area contributed by atoms with Crippen LogP contribution in [0.4, 0.5) is 18.4 Å². The van der Waals surface area contributed by atoms with Crippen molar-refractivity contribution in [1.82, 2.24) is 10.6 Å². The van der Waals surface area contributed by atoms with E-state index in [2.05, 4.69) is 10.6 Å². The van der Waals surface area contributed by atoms with E-state index in [1.807, 2.05) is 0 Å². The third kappa shape index (κ3) is 15.8. The maximum atomic E-state index is 13.9. The Morgan fingerprint density at radius 2 is 0.979 bits per heavy atom. The van der Waals surface area contributed by atoms with Crippen molar-refractivity contribution in [1.29, 1.82) is 0 Å². The lowest BCUT2D eigenvalue weighted by molar-refractivity contribution is -0.144. The van der Waals surface area contributed by atoms with Crippen molar-refractivity contribution in [3.63, 3.8) is 0 Å². The number of ether oxygens (including phenoxy) is 6. The molecule has 0 aliphatic carbocycles. The molecule has 2 aromatic rings. The average molecular weight is 683 g/mol. The van der Waals surface area contributed by atoms with Crippen LogP contribution in [-0.4, -0.2) is 62.8 Å². The number of nitrogens with one attached hydrogen (secondary N) is 2. The molecule has 0 aliphatic heterocycles. The number of esters is 2. The molecule has 14 heteroatoms. The molecule has 0 spiro atoms. The lowest BCUT2D eigenvalue weighted by Crippen LogP contribution is -2.36. The predicted octanol–water partition coefficient (Wildman–Crippen LogP) is 6.71. The van der Waals surface area contributed by atoms with Crippen molar-refractivity contribution >= 4 is 24.1 Å². The number of rotatable bonds is 12. The Bertz CT molecular complexity index is 1270. The summed E-state index contributed by atoms with van der Waals surface area (Å²) in [5.41, 5.74) is -0.563. The van der Waals surface area contributed by atoms with Gasteiger partial charge < -0.3 is 39.1 Å². The van der Waals surface area contributed by atoms with Gasteiger partial charge in [0, 0.05) is 0 Å². The van der Waals surface area contributed by atoms with E-state index < -0.39 is 59.0 Å². The van der Waals surface area contributed by atoms with E-state index in [0.717, 1.165) is 0 Å². The Morgan fingerprint density at radius 3 is 1.23 bits per heavy atom. The summed E-state index contributed by atoms with van der Waals surface area (Å²) in [6, 6.07) is 6.87. The number of hydrogen-bond acceptors (Lipinski definition) is 10. The van der Waals surface area contributed by atoms with Crippen molar-refractivity contribution < 1.29 is 56.4 Å². The van der Waals surface area contributed by atoms with Crippen LogP contribution in [0.15, 0.2) is 36.4 Å². The molecule has 0 radical (unpaired) electrons. The monoisotopic (exact) mass is 682 g/mol. The first-order valence-corrected chi connectivity index (χ1v) is 15.3. The summed E-state index contributed by atoms with van der Waals surface area (Å²) in [5.74, 6) is -2.04. The molecule has 0 saturated carbocycles. The Balaban J connectivity index is 0.000000480. The van der Waals surface area contributed by atoms with E-state index in [9.17, 15) is 28.0 Å². The van der Waals surface area contributed by atoms with Gasteiger partial charge in [0.2, 0.25) is 0 Å². The number of benzene rings is 2. The highest BCUT2D eigenvalue weighted by Crippen LogP contribution is 2.26. The van der Waals surface area contributed by atoms with Crippen LogP contribution < -0.4 is 20.1 Å². The molecule has 0 saturated heterocycles. The molecule has 0 fully saturated rings. The molecule has 0 aromatic heterocycles. The van der Waals surface area contributed by atoms with Gasteiger partial charge in [0.1, 0.15) is 11.2 Å². The van der Waals surface area contributed by atoms with Crippen LogP contribution in [0.2, 0.25) is 0 Å². The zero-order valence-corrected chi connectivity index (χ0v) is 29.3. The molecule has 0 bridgehead atoms. The molecule has 2 rings (SSSR count). The normalized spacial score (nSPS) is 12.2. The highest BCUT2D eigenvalue weighted by molar-refractivity contribution is 5.74. The van der Waals surface area contributed by atoms with Gasteiger partial charge in [0.05, 0.1) is 52.4 Å². The Morgan fingerprint density at radius 1 is 0.646 bits per heavy atom. The SMILES string of the molecule is CCOC(=O)C[C@@H](NC(=O)OC(C)(C)C)c1ccc(OC)c(F)c1.CCOC(=O)C[C@H](NC(=O)OC(C)(C)C)c1ccc(OC)c(F)c1. The van der Waals surface area contributed by atoms with Crippen LogP contribution in [-0.2, 0) is 28.5 Å². The lowest BCUT2D eigenvalue weighted by Gasteiger charge is -2.23. The second-order valence-electron chi connectivity index (χ2n) is 12.2. The van der Waals surface area contributed by atoms with Crippen LogP contribution in [0.1, 0.15) is 91.4 Å². The van der Waals surface area contributed by atoms with E-state index >= 15 is 0 Å². The lowest BCUT2D eigenvalue weighted by atomic mass is 10.0. The van der Waals surface area contributed by atoms with Gasteiger partial charge in [-0.25, -0.2) is 18.4 Å². The number of halogens is 2. The van der Waals surface area contributed by atoms with Crippen molar-refractivity contribution in [2.45, 2.75) is 91.5 Å². The summed E-state index contributed by atoms with van der Waals surface area (Å²) in [4.78, 5) is 47.5. The summed E-state index contributed by atoms with van der Waals surface area (Å²) >= 11 is 0. The number of alkyl carbamates (subject to hydrolysis) is 2. The van der Waals surface area contributed by atoms with Gasteiger partial charge >= 0.3 is 24.1 Å². The van der Waals surface area contributed by atoms with Crippen LogP contribution >= 0.6 is 0 Å². The number of methoxy groups -OCH3 is 2. The Kier molecular flexibility index (Phi) is 16.6. The highest BCUT2D eigenvalue weighted by Gasteiger charge is 2.25. The summed E-state index contributed by atoms with van der Waals surface area (Å²) in [6.07, 6.45) is -1.68. The number of carbonyl (C=O) groups is 4. The second kappa shape index (κ2) is 19.3. The molecule has 2 aromatic carbocycles. The first-order valence-electron chi connectivity index (χ1n) is 15.3. The molecule has 0 unspecified atom stereocenters. The second-order valence-corrected chi connectivity index (χ2v) is 12.2. The summed E-state index contributed by atoms with van der Waals surface area (Å²) < 4.78 is 57.8. The van der Waals surface area contributed by atoms with Gasteiger partial charge in [0.25, 0.3) is 0 Å². The maximum Gasteiger partial charge on any atom is 0.408 e. The third-order valence-electron chi connectivity index (χ3n) is 5.89. The van der Waals surface area contributed by atoms with E-state index in [-0.39, 0.29) is 37.6 Å². The summed E-state index contributed by atoms with van der Waals surface area (Å²) in [7, 11) is 2.71. The van der Waals surface area contributed by atoms with Crippen LogP contribution in [0, 0.1) is 11.6 Å². The molecule has 48 heavy (non-hydrogen) atoms. The van der Waals surface area contributed by atoms with E-state index in [1.165, 1.54) is 38.5 Å². The van der Waals surface area contributed by atoms with Gasteiger partial charge in [-0.15, -0.1) is 0 Å². The topological polar surface area (TPSA) is 148 Å². The van der Waals surface area contributed by atoms with E-state index in [0.29, 0.717) is 11.1 Å². The Labute approximate surface area is 280 Å². The molecule has 2 amide bonds. The van der Waals surface area contributed by atoms with E-state index in [4.69, 9.17) is 28.4 Å². The summed E-state index contributed by atoms with van der Waals surface area (Å²) in [5, 5.41) is 5.15. The van der Waals surface area contributed by atoms with Crippen LogP contribution in [0.25, 0.3) is 0 Å². The van der Waals surface area contributed by atoms with Gasteiger partial charge in [-0.3, -0.25) is 9.59 Å². The minimum absolute atomic E-state index is 0.0749. The number of hydrogen-bond donors (Lipinski definition) is 2. The first-order chi connectivity index (χ1) is 22.3. The molecule has 268 valence electrons. The molecule has 0 heterocycles. The smallest absolute Gasteiger partial charge is 0.408 e. The molecule has 12 nitrogen and oxygen atoms in total. The van der Waals surface area contributed by atoms with Crippen LogP contribution in [0.3, 0.4) is 0 Å². The molecule has 2 atom stereocenters. The van der Waals surface area contributed by atoms with Crippen LogP contribution in [0.5, 0.6) is 11.5 Å². The van der Waals surface area contributed by atoms with Gasteiger partial charge in [-0.1, -0.05) is 12.1 Å². The molecule has 0 aliphatic rings. The third-order valence-corrected chi connectivity index (χ3v) is 5.89. The minimum Gasteiger partial charge on any atom is -0.494 e. The molecule has 2 N–H and O–H groups in total. The quantitative estimate of drug-likeness (QED) is 0.183. The van der Waals surface area contributed by atoms with Crippen molar-refractivity contribution in [3.8, 4) is 11.5 Å². The van der Waals surface area contributed by atoms with Gasteiger partial charge in [0.15, 0.2) is 23.1 Å². The Hall–Kier alpha value is -4.62. The fourth-order valence-electron chi connectivity index (χ4n) is 3.98.